The molecule has 1 aromatic carbocycles. The van der Waals surface area contributed by atoms with Gasteiger partial charge in [0.2, 0.25) is 5.16 Å². The van der Waals surface area contributed by atoms with Gasteiger partial charge in [0.15, 0.2) is 0 Å². The normalized spacial score (nSPS) is 10.5. The minimum absolute atomic E-state index is 0.734. The van der Waals surface area contributed by atoms with Crippen molar-refractivity contribution in [3.8, 4) is 0 Å². The summed E-state index contributed by atoms with van der Waals surface area (Å²) in [4.78, 5) is 0. The summed E-state index contributed by atoms with van der Waals surface area (Å²) < 4.78 is 1.65. The Balaban J connectivity index is 1.77. The quantitative estimate of drug-likeness (QED) is 0.665. The zero-order chi connectivity index (χ0) is 12.1. The molecular formula is C10H12ClN5S. The molecule has 0 fully saturated rings. The zero-order valence-electron chi connectivity index (χ0n) is 9.30. The van der Waals surface area contributed by atoms with Gasteiger partial charge in [-0.1, -0.05) is 35.5 Å². The topological polar surface area (TPSA) is 55.6 Å². The predicted molar refractivity (Wildman–Crippen MR) is 69.5 cm³/mol. The molecule has 0 radical (unpaired) electrons. The smallest absolute Gasteiger partial charge is 0.209 e. The van der Waals surface area contributed by atoms with Crippen LogP contribution < -0.4 is 5.32 Å². The van der Waals surface area contributed by atoms with Gasteiger partial charge in [0.05, 0.1) is 10.7 Å². The minimum Gasteiger partial charge on any atom is -0.383 e. The summed E-state index contributed by atoms with van der Waals surface area (Å²) in [5, 5.41) is 16.0. The molecule has 1 aromatic heterocycles. The Morgan fingerprint density at radius 3 is 2.94 bits per heavy atom. The largest absolute Gasteiger partial charge is 0.383 e. The molecule has 1 N–H and O–H groups in total. The van der Waals surface area contributed by atoms with E-state index >= 15 is 0 Å². The summed E-state index contributed by atoms with van der Waals surface area (Å²) in [5.74, 6) is 0.874. The van der Waals surface area contributed by atoms with Gasteiger partial charge in [-0.15, -0.1) is 5.10 Å². The Morgan fingerprint density at radius 2 is 2.24 bits per heavy atom. The van der Waals surface area contributed by atoms with Gasteiger partial charge in [-0.3, -0.25) is 0 Å². The maximum Gasteiger partial charge on any atom is 0.209 e. The molecule has 0 saturated heterocycles. The first-order valence-electron chi connectivity index (χ1n) is 5.11. The van der Waals surface area contributed by atoms with E-state index in [0.717, 1.165) is 28.2 Å². The fourth-order valence-electron chi connectivity index (χ4n) is 1.28. The van der Waals surface area contributed by atoms with Crippen molar-refractivity contribution < 1.29 is 0 Å². The van der Waals surface area contributed by atoms with Gasteiger partial charge in [-0.2, -0.15) is 0 Å². The van der Waals surface area contributed by atoms with E-state index in [0.29, 0.717) is 0 Å². The van der Waals surface area contributed by atoms with Crippen molar-refractivity contribution >= 4 is 29.1 Å². The lowest BCUT2D eigenvalue weighted by Gasteiger charge is -2.06. The van der Waals surface area contributed by atoms with Gasteiger partial charge in [-0.05, 0) is 22.6 Å². The van der Waals surface area contributed by atoms with Crippen LogP contribution >= 0.6 is 23.4 Å². The van der Waals surface area contributed by atoms with Crippen molar-refractivity contribution in [3.05, 3.63) is 29.3 Å². The van der Waals surface area contributed by atoms with Crippen LogP contribution in [0.4, 0.5) is 5.69 Å². The number of aromatic nitrogens is 4. The molecule has 7 heteroatoms. The summed E-state index contributed by atoms with van der Waals surface area (Å²) in [5.41, 5.74) is 0.950. The Morgan fingerprint density at radius 1 is 1.41 bits per heavy atom. The van der Waals surface area contributed by atoms with E-state index in [1.54, 1.807) is 16.4 Å². The van der Waals surface area contributed by atoms with E-state index in [1.807, 2.05) is 31.3 Å². The fraction of sp³-hybridized carbons (Fsp3) is 0.300. The zero-order valence-corrected chi connectivity index (χ0v) is 10.9. The molecule has 1 heterocycles. The molecule has 0 aliphatic carbocycles. The Hall–Kier alpha value is -1.27. The van der Waals surface area contributed by atoms with Crippen molar-refractivity contribution in [2.45, 2.75) is 5.16 Å². The molecule has 0 atom stereocenters. The van der Waals surface area contributed by atoms with E-state index in [4.69, 9.17) is 11.6 Å². The second-order valence-electron chi connectivity index (χ2n) is 3.34. The third-order valence-corrected chi connectivity index (χ3v) is 3.45. The number of para-hydroxylation sites is 1. The van der Waals surface area contributed by atoms with Crippen LogP contribution in [0.5, 0.6) is 0 Å². The number of thioether (sulfide) groups is 1. The van der Waals surface area contributed by atoms with Crippen LogP contribution in [0.25, 0.3) is 0 Å². The third-order valence-electron chi connectivity index (χ3n) is 2.10. The van der Waals surface area contributed by atoms with Crippen LogP contribution in [0.3, 0.4) is 0 Å². The predicted octanol–water partition coefficient (Wildman–Crippen LogP) is 2.07. The van der Waals surface area contributed by atoms with Crippen molar-refractivity contribution in [1.82, 2.24) is 20.2 Å². The first-order valence-corrected chi connectivity index (χ1v) is 6.47. The highest BCUT2D eigenvalue weighted by molar-refractivity contribution is 7.99. The summed E-state index contributed by atoms with van der Waals surface area (Å²) in [6.07, 6.45) is 0. The van der Waals surface area contributed by atoms with Gasteiger partial charge < -0.3 is 5.32 Å². The monoisotopic (exact) mass is 269 g/mol. The van der Waals surface area contributed by atoms with Gasteiger partial charge in [0.1, 0.15) is 0 Å². The summed E-state index contributed by atoms with van der Waals surface area (Å²) in [6.45, 7) is 0.807. The lowest BCUT2D eigenvalue weighted by molar-refractivity contribution is 0.664. The lowest BCUT2D eigenvalue weighted by atomic mass is 10.3. The number of rotatable bonds is 5. The molecule has 0 unspecified atom stereocenters. The van der Waals surface area contributed by atoms with Crippen LogP contribution in [0, 0.1) is 0 Å². The summed E-state index contributed by atoms with van der Waals surface area (Å²) in [7, 11) is 1.82. The van der Waals surface area contributed by atoms with Gasteiger partial charge >= 0.3 is 0 Å². The van der Waals surface area contributed by atoms with Crippen molar-refractivity contribution in [1.29, 1.82) is 0 Å². The van der Waals surface area contributed by atoms with Gasteiger partial charge in [0.25, 0.3) is 0 Å². The molecule has 5 nitrogen and oxygen atoms in total. The number of nitrogens with one attached hydrogen (secondary N) is 1. The number of hydrogen-bond acceptors (Lipinski definition) is 5. The van der Waals surface area contributed by atoms with Crippen LogP contribution in [-0.4, -0.2) is 32.5 Å². The Kier molecular flexibility index (Phi) is 4.22. The highest BCUT2D eigenvalue weighted by atomic mass is 35.5. The number of nitrogens with zero attached hydrogens (tertiary/aromatic N) is 4. The fourth-order valence-corrected chi connectivity index (χ4v) is 2.18. The molecule has 2 rings (SSSR count). The van der Waals surface area contributed by atoms with Gasteiger partial charge in [-0.25, -0.2) is 4.68 Å². The third kappa shape index (κ3) is 3.34. The first-order chi connectivity index (χ1) is 8.27. The second-order valence-corrected chi connectivity index (χ2v) is 4.81. The highest BCUT2D eigenvalue weighted by Gasteiger charge is 2.02. The van der Waals surface area contributed by atoms with Crippen LogP contribution in [0.1, 0.15) is 0 Å². The Bertz CT molecular complexity index is 487. The van der Waals surface area contributed by atoms with Crippen molar-refractivity contribution in [3.63, 3.8) is 0 Å². The Labute approximate surface area is 109 Å². The minimum atomic E-state index is 0.734. The molecule has 2 aromatic rings. The van der Waals surface area contributed by atoms with E-state index in [1.165, 1.54) is 0 Å². The number of anilines is 1. The maximum atomic E-state index is 6.02. The van der Waals surface area contributed by atoms with Crippen LogP contribution in [0.2, 0.25) is 5.02 Å². The van der Waals surface area contributed by atoms with Crippen LogP contribution in [0.15, 0.2) is 29.4 Å². The standard InChI is InChI=1S/C10H12ClN5S/c1-16-10(13-14-15-16)17-7-6-12-9-5-3-2-4-8(9)11/h2-5,12H,6-7H2,1H3. The number of aryl methyl sites for hydroxylation is 1. The molecule has 0 spiro atoms. The molecule has 0 bridgehead atoms. The van der Waals surface area contributed by atoms with Gasteiger partial charge in [0, 0.05) is 19.3 Å². The first kappa shape index (κ1) is 12.2. The number of hydrogen-bond donors (Lipinski definition) is 1. The number of halogens is 1. The molecule has 0 amide bonds. The lowest BCUT2D eigenvalue weighted by Crippen LogP contribution is -2.05. The molecule has 0 saturated carbocycles. The average Bonchev–Trinajstić information content (AvgIpc) is 2.73. The van der Waals surface area contributed by atoms with E-state index < -0.39 is 0 Å². The number of benzene rings is 1. The van der Waals surface area contributed by atoms with E-state index in [-0.39, 0.29) is 0 Å². The molecule has 90 valence electrons. The number of tetrazole rings is 1. The maximum absolute atomic E-state index is 6.02. The highest BCUT2D eigenvalue weighted by Crippen LogP contribution is 2.20. The molecule has 0 aliphatic rings. The van der Waals surface area contributed by atoms with Crippen molar-refractivity contribution in [2.24, 2.45) is 7.05 Å². The van der Waals surface area contributed by atoms with E-state index in [9.17, 15) is 0 Å². The summed E-state index contributed by atoms with van der Waals surface area (Å²) in [6, 6.07) is 7.68. The van der Waals surface area contributed by atoms with Crippen molar-refractivity contribution in [2.75, 3.05) is 17.6 Å². The summed E-state index contributed by atoms with van der Waals surface area (Å²) >= 11 is 7.62. The molecule has 17 heavy (non-hydrogen) atoms. The van der Waals surface area contributed by atoms with Crippen LogP contribution in [-0.2, 0) is 7.05 Å². The molecular weight excluding hydrogens is 258 g/mol. The average molecular weight is 270 g/mol. The molecule has 0 aliphatic heterocycles. The second kappa shape index (κ2) is 5.88. The van der Waals surface area contributed by atoms with E-state index in [2.05, 4.69) is 20.8 Å². The SMILES string of the molecule is Cn1nnnc1SCCNc1ccccc1Cl.